The number of thioether (sulfide) groups is 1. The fourth-order valence-corrected chi connectivity index (χ4v) is 2.92. The van der Waals surface area contributed by atoms with Crippen LogP contribution in [-0.4, -0.2) is 11.2 Å². The van der Waals surface area contributed by atoms with Gasteiger partial charge in [-0.1, -0.05) is 29.3 Å². The van der Waals surface area contributed by atoms with E-state index in [0.29, 0.717) is 10.0 Å². The summed E-state index contributed by atoms with van der Waals surface area (Å²) >= 11 is 13.4. The smallest absolute Gasteiger partial charge is 0.237 e. The van der Waals surface area contributed by atoms with Crippen molar-refractivity contribution in [2.45, 2.75) is 24.0 Å². The third kappa shape index (κ3) is 4.40. The molecule has 0 aromatic heterocycles. The molecule has 0 radical (unpaired) electrons. The van der Waals surface area contributed by atoms with Gasteiger partial charge in [0, 0.05) is 20.6 Å². The lowest BCUT2D eigenvalue weighted by Crippen LogP contribution is -2.22. The molecule has 0 fully saturated rings. The molecule has 0 aliphatic rings. The summed E-state index contributed by atoms with van der Waals surface area (Å²) in [6.07, 6.45) is 0. The van der Waals surface area contributed by atoms with E-state index in [1.807, 2.05) is 50.2 Å². The van der Waals surface area contributed by atoms with Crippen molar-refractivity contribution < 1.29 is 4.79 Å². The van der Waals surface area contributed by atoms with Gasteiger partial charge in [-0.25, -0.2) is 0 Å². The molecule has 110 valence electrons. The Morgan fingerprint density at radius 2 is 1.81 bits per heavy atom. The number of hydrogen-bond donors (Lipinski definition) is 1. The number of halogens is 2. The first-order valence-corrected chi connectivity index (χ1v) is 8.09. The summed E-state index contributed by atoms with van der Waals surface area (Å²) in [6, 6.07) is 12.9. The van der Waals surface area contributed by atoms with E-state index < -0.39 is 0 Å². The first-order valence-electron chi connectivity index (χ1n) is 6.45. The Bertz CT molecular complexity index is 643. The lowest BCUT2D eigenvalue weighted by molar-refractivity contribution is -0.115. The van der Waals surface area contributed by atoms with Gasteiger partial charge in [-0.2, -0.15) is 0 Å². The molecule has 0 heterocycles. The van der Waals surface area contributed by atoms with Crippen molar-refractivity contribution in [2.75, 3.05) is 5.32 Å². The lowest BCUT2D eigenvalue weighted by Gasteiger charge is -2.14. The second kappa shape index (κ2) is 7.21. The minimum atomic E-state index is -0.218. The topological polar surface area (TPSA) is 29.1 Å². The molecular formula is C16H15Cl2NOS. The normalized spacial score (nSPS) is 12.0. The highest BCUT2D eigenvalue weighted by Gasteiger charge is 2.15. The van der Waals surface area contributed by atoms with Gasteiger partial charge in [0.2, 0.25) is 5.91 Å². The zero-order valence-electron chi connectivity index (χ0n) is 11.7. The maximum Gasteiger partial charge on any atom is 0.237 e. The minimum Gasteiger partial charge on any atom is -0.325 e. The molecule has 2 aromatic rings. The van der Waals surface area contributed by atoms with E-state index in [2.05, 4.69) is 5.32 Å². The van der Waals surface area contributed by atoms with Crippen LogP contribution in [0, 0.1) is 6.92 Å². The SMILES string of the molecule is Cc1c(Cl)cccc1NC(=O)[C@@H](C)Sc1ccc(Cl)cc1. The van der Waals surface area contributed by atoms with Crippen LogP contribution in [0.2, 0.25) is 10.0 Å². The van der Waals surface area contributed by atoms with Crippen molar-refractivity contribution in [2.24, 2.45) is 0 Å². The van der Waals surface area contributed by atoms with Crippen LogP contribution >= 0.6 is 35.0 Å². The van der Waals surface area contributed by atoms with Crippen LogP contribution in [0.25, 0.3) is 0 Å². The summed E-state index contributed by atoms with van der Waals surface area (Å²) in [4.78, 5) is 13.3. The molecule has 1 N–H and O–H groups in total. The molecule has 1 amide bonds. The Kier molecular flexibility index (Phi) is 5.57. The van der Waals surface area contributed by atoms with Crippen LogP contribution in [0.4, 0.5) is 5.69 Å². The molecular weight excluding hydrogens is 325 g/mol. The van der Waals surface area contributed by atoms with Crippen LogP contribution in [0.1, 0.15) is 12.5 Å². The second-order valence-corrected chi connectivity index (χ2v) is 6.87. The lowest BCUT2D eigenvalue weighted by atomic mass is 10.2. The second-order valence-electron chi connectivity index (χ2n) is 4.62. The van der Waals surface area contributed by atoms with Crippen molar-refractivity contribution in [3.8, 4) is 0 Å². The number of anilines is 1. The molecule has 5 heteroatoms. The van der Waals surface area contributed by atoms with Crippen molar-refractivity contribution >= 4 is 46.6 Å². The predicted octanol–water partition coefficient (Wildman–Crippen LogP) is 5.42. The van der Waals surface area contributed by atoms with Crippen molar-refractivity contribution in [1.29, 1.82) is 0 Å². The number of benzene rings is 2. The van der Waals surface area contributed by atoms with E-state index in [0.717, 1.165) is 16.1 Å². The Morgan fingerprint density at radius 1 is 1.14 bits per heavy atom. The maximum atomic E-state index is 12.2. The van der Waals surface area contributed by atoms with E-state index >= 15 is 0 Å². The van der Waals surface area contributed by atoms with Gasteiger partial charge in [0.15, 0.2) is 0 Å². The average molecular weight is 340 g/mol. The van der Waals surface area contributed by atoms with Crippen molar-refractivity contribution in [3.63, 3.8) is 0 Å². The first kappa shape index (κ1) is 16.2. The van der Waals surface area contributed by atoms with Gasteiger partial charge in [-0.3, -0.25) is 4.79 Å². The number of amides is 1. The molecule has 2 nitrogen and oxygen atoms in total. The van der Waals surface area contributed by atoms with Gasteiger partial charge in [-0.15, -0.1) is 11.8 Å². The van der Waals surface area contributed by atoms with Crippen molar-refractivity contribution in [3.05, 3.63) is 58.1 Å². The standard InChI is InChI=1S/C16H15Cl2NOS/c1-10-14(18)4-3-5-15(10)19-16(20)11(2)21-13-8-6-12(17)7-9-13/h3-9,11H,1-2H3,(H,19,20)/t11-/m1/s1. The summed E-state index contributed by atoms with van der Waals surface area (Å²) in [5, 5.41) is 4.02. The van der Waals surface area contributed by atoms with Crippen LogP contribution in [-0.2, 0) is 4.79 Å². The molecule has 21 heavy (non-hydrogen) atoms. The number of rotatable bonds is 4. The largest absolute Gasteiger partial charge is 0.325 e. The predicted molar refractivity (Wildman–Crippen MR) is 91.6 cm³/mol. The van der Waals surface area contributed by atoms with E-state index in [-0.39, 0.29) is 11.2 Å². The van der Waals surface area contributed by atoms with Gasteiger partial charge in [-0.05, 0) is 55.8 Å². The van der Waals surface area contributed by atoms with Gasteiger partial charge in [0.25, 0.3) is 0 Å². The summed E-state index contributed by atoms with van der Waals surface area (Å²) in [6.45, 7) is 3.75. The van der Waals surface area contributed by atoms with E-state index in [1.54, 1.807) is 6.07 Å². The van der Waals surface area contributed by atoms with Crippen LogP contribution in [0.15, 0.2) is 47.4 Å². The van der Waals surface area contributed by atoms with Gasteiger partial charge in [0.1, 0.15) is 0 Å². The minimum absolute atomic E-state index is 0.0553. The zero-order valence-corrected chi connectivity index (χ0v) is 14.0. The number of carbonyl (C=O) groups is 1. The van der Waals surface area contributed by atoms with E-state index in [9.17, 15) is 4.79 Å². The van der Waals surface area contributed by atoms with Gasteiger partial charge >= 0.3 is 0 Å². The molecule has 0 saturated carbocycles. The van der Waals surface area contributed by atoms with Crippen molar-refractivity contribution in [1.82, 2.24) is 0 Å². The fraction of sp³-hybridized carbons (Fsp3) is 0.188. The third-order valence-corrected chi connectivity index (χ3v) is 4.79. The van der Waals surface area contributed by atoms with Gasteiger partial charge < -0.3 is 5.32 Å². The Balaban J connectivity index is 2.02. The number of nitrogens with one attached hydrogen (secondary N) is 1. The molecule has 0 aliphatic carbocycles. The fourth-order valence-electron chi connectivity index (χ4n) is 1.75. The molecule has 0 aliphatic heterocycles. The Morgan fingerprint density at radius 3 is 2.48 bits per heavy atom. The Hall–Kier alpha value is -1.16. The van der Waals surface area contributed by atoms with E-state index in [1.165, 1.54) is 11.8 Å². The highest BCUT2D eigenvalue weighted by Crippen LogP contribution is 2.27. The number of carbonyl (C=O) groups excluding carboxylic acids is 1. The summed E-state index contributed by atoms with van der Waals surface area (Å²) in [5.41, 5.74) is 1.62. The zero-order chi connectivity index (χ0) is 15.4. The monoisotopic (exact) mass is 339 g/mol. The Labute approximate surface area is 138 Å². The molecule has 0 saturated heterocycles. The third-order valence-electron chi connectivity index (χ3n) is 3.02. The average Bonchev–Trinajstić information content (AvgIpc) is 2.46. The summed E-state index contributed by atoms with van der Waals surface area (Å²) < 4.78 is 0. The quantitative estimate of drug-likeness (QED) is 0.753. The van der Waals surface area contributed by atoms with E-state index in [4.69, 9.17) is 23.2 Å². The number of hydrogen-bond acceptors (Lipinski definition) is 2. The molecule has 0 spiro atoms. The van der Waals surface area contributed by atoms with Crippen LogP contribution in [0.3, 0.4) is 0 Å². The molecule has 1 atom stereocenters. The highest BCUT2D eigenvalue weighted by atomic mass is 35.5. The van der Waals surface area contributed by atoms with Crippen LogP contribution < -0.4 is 5.32 Å². The molecule has 2 aromatic carbocycles. The summed E-state index contributed by atoms with van der Waals surface area (Å²) in [7, 11) is 0. The maximum absolute atomic E-state index is 12.2. The van der Waals surface area contributed by atoms with Crippen LogP contribution in [0.5, 0.6) is 0 Å². The molecule has 2 rings (SSSR count). The summed E-state index contributed by atoms with van der Waals surface area (Å²) in [5.74, 6) is -0.0553. The van der Waals surface area contributed by atoms with Gasteiger partial charge in [0.05, 0.1) is 5.25 Å². The molecule has 0 unspecified atom stereocenters. The first-order chi connectivity index (χ1) is 9.97. The molecule has 0 bridgehead atoms. The highest BCUT2D eigenvalue weighted by molar-refractivity contribution is 8.00.